The zero-order chi connectivity index (χ0) is 19.5. The number of hydrogen-bond acceptors (Lipinski definition) is 2. The van der Waals surface area contributed by atoms with Gasteiger partial charge in [0.05, 0.1) is 5.69 Å². The van der Waals surface area contributed by atoms with E-state index in [0.717, 1.165) is 33.7 Å². The average Bonchev–Trinajstić information content (AvgIpc) is 2.81. The molecule has 0 unspecified atom stereocenters. The van der Waals surface area contributed by atoms with Crippen LogP contribution in [0, 0.1) is 0 Å². The van der Waals surface area contributed by atoms with Gasteiger partial charge in [-0.1, -0.05) is 72.8 Å². The van der Waals surface area contributed by atoms with E-state index in [1.807, 2.05) is 24.4 Å². The summed E-state index contributed by atoms with van der Waals surface area (Å²) >= 11 is 0. The summed E-state index contributed by atoms with van der Waals surface area (Å²) < 4.78 is 0. The Hall–Kier alpha value is -3.91. The van der Waals surface area contributed by atoms with Gasteiger partial charge in [-0.15, -0.1) is 0 Å². The maximum Gasteiger partial charge on any atom is 0.0709 e. The smallest absolute Gasteiger partial charge is 0.0709 e. The van der Waals surface area contributed by atoms with Crippen LogP contribution in [0.4, 0.5) is 17.1 Å². The summed E-state index contributed by atoms with van der Waals surface area (Å²) in [6.45, 7) is 0. The van der Waals surface area contributed by atoms with Gasteiger partial charge in [-0.3, -0.25) is 4.98 Å². The summed E-state index contributed by atoms with van der Waals surface area (Å²) in [5.41, 5.74) is 5.44. The molecule has 0 fully saturated rings. The van der Waals surface area contributed by atoms with Gasteiger partial charge in [0.15, 0.2) is 0 Å². The van der Waals surface area contributed by atoms with E-state index in [4.69, 9.17) is 4.98 Å². The molecular weight excluding hydrogens is 352 g/mol. The number of anilines is 3. The van der Waals surface area contributed by atoms with Gasteiger partial charge < -0.3 is 4.90 Å². The van der Waals surface area contributed by atoms with Crippen LogP contribution in [0.25, 0.3) is 22.0 Å². The van der Waals surface area contributed by atoms with Crippen molar-refractivity contribution in [3.63, 3.8) is 0 Å². The third kappa shape index (κ3) is 3.48. The van der Waals surface area contributed by atoms with Crippen LogP contribution in [-0.4, -0.2) is 4.98 Å². The zero-order valence-corrected chi connectivity index (χ0v) is 15.9. The number of pyridine rings is 1. The third-order valence-electron chi connectivity index (χ3n) is 5.06. The van der Waals surface area contributed by atoms with Crippen LogP contribution in [0.2, 0.25) is 0 Å². The van der Waals surface area contributed by atoms with Gasteiger partial charge in [0.25, 0.3) is 0 Å². The molecule has 0 N–H and O–H groups in total. The first-order valence-corrected chi connectivity index (χ1v) is 9.74. The van der Waals surface area contributed by atoms with Crippen LogP contribution in [0.15, 0.2) is 121 Å². The van der Waals surface area contributed by atoms with Crippen molar-refractivity contribution < 1.29 is 0 Å². The van der Waals surface area contributed by atoms with Crippen molar-refractivity contribution in [2.24, 2.45) is 0 Å². The normalized spacial score (nSPS) is 10.8. The van der Waals surface area contributed by atoms with Crippen molar-refractivity contribution in [1.29, 1.82) is 0 Å². The summed E-state index contributed by atoms with van der Waals surface area (Å²) in [6.07, 6.45) is 1.95. The van der Waals surface area contributed by atoms with Crippen molar-refractivity contribution in [3.8, 4) is 11.3 Å². The molecule has 138 valence electrons. The summed E-state index contributed by atoms with van der Waals surface area (Å²) in [4.78, 5) is 6.97. The molecule has 1 aromatic heterocycles. The Labute approximate surface area is 170 Å². The molecule has 0 spiro atoms. The maximum absolute atomic E-state index is 4.70. The molecule has 5 aromatic rings. The number of hydrogen-bond donors (Lipinski definition) is 0. The Morgan fingerprint density at radius 2 is 1.07 bits per heavy atom. The lowest BCUT2D eigenvalue weighted by Crippen LogP contribution is -2.09. The third-order valence-corrected chi connectivity index (χ3v) is 5.06. The Morgan fingerprint density at radius 3 is 1.76 bits per heavy atom. The Morgan fingerprint density at radius 1 is 0.483 bits per heavy atom. The molecule has 2 heteroatoms. The van der Waals surface area contributed by atoms with E-state index in [1.54, 1.807) is 0 Å². The Kier molecular flexibility index (Phi) is 4.51. The van der Waals surface area contributed by atoms with Crippen LogP contribution in [0.3, 0.4) is 0 Å². The zero-order valence-electron chi connectivity index (χ0n) is 15.9. The predicted octanol–water partition coefficient (Wildman–Crippen LogP) is 7.37. The fraction of sp³-hybridized carbons (Fsp3) is 0. The van der Waals surface area contributed by atoms with Gasteiger partial charge in [0.2, 0.25) is 0 Å². The van der Waals surface area contributed by atoms with E-state index in [0.29, 0.717) is 0 Å². The molecule has 0 saturated heterocycles. The molecule has 0 aliphatic carbocycles. The lowest BCUT2D eigenvalue weighted by atomic mass is 10.1. The van der Waals surface area contributed by atoms with Crippen molar-refractivity contribution in [1.82, 2.24) is 4.98 Å². The molecule has 5 rings (SSSR count). The Bertz CT molecular complexity index is 1210. The number of aromatic nitrogens is 1. The fourth-order valence-electron chi connectivity index (χ4n) is 3.65. The largest absolute Gasteiger partial charge is 0.310 e. The minimum atomic E-state index is 0.978. The summed E-state index contributed by atoms with van der Waals surface area (Å²) in [5, 5.41) is 2.36. The van der Waals surface area contributed by atoms with Crippen molar-refractivity contribution in [2.75, 3.05) is 4.90 Å². The monoisotopic (exact) mass is 372 g/mol. The van der Waals surface area contributed by atoms with Gasteiger partial charge in [-0.2, -0.15) is 0 Å². The highest BCUT2D eigenvalue weighted by atomic mass is 15.1. The molecule has 1 heterocycles. The number of para-hydroxylation sites is 2. The molecule has 0 atom stereocenters. The topological polar surface area (TPSA) is 16.1 Å². The lowest BCUT2D eigenvalue weighted by molar-refractivity contribution is 1.28. The van der Waals surface area contributed by atoms with Crippen LogP contribution in [0.1, 0.15) is 0 Å². The molecule has 2 nitrogen and oxygen atoms in total. The molecule has 0 amide bonds. The van der Waals surface area contributed by atoms with E-state index < -0.39 is 0 Å². The van der Waals surface area contributed by atoms with Gasteiger partial charge in [0.1, 0.15) is 0 Å². The molecule has 29 heavy (non-hydrogen) atoms. The first-order chi connectivity index (χ1) is 14.4. The van der Waals surface area contributed by atoms with Crippen molar-refractivity contribution in [3.05, 3.63) is 121 Å². The molecular formula is C27H20N2. The average molecular weight is 372 g/mol. The maximum atomic E-state index is 4.70. The quantitative estimate of drug-likeness (QED) is 0.327. The van der Waals surface area contributed by atoms with Crippen molar-refractivity contribution >= 4 is 27.8 Å². The lowest BCUT2D eigenvalue weighted by Gasteiger charge is -2.25. The van der Waals surface area contributed by atoms with Crippen LogP contribution in [-0.2, 0) is 0 Å². The predicted molar refractivity (Wildman–Crippen MR) is 122 cm³/mol. The molecule has 0 aliphatic rings. The molecule has 4 aromatic carbocycles. The van der Waals surface area contributed by atoms with Crippen molar-refractivity contribution in [2.45, 2.75) is 0 Å². The minimum absolute atomic E-state index is 0.978. The molecule has 0 radical (unpaired) electrons. The molecule has 0 aliphatic heterocycles. The summed E-state index contributed by atoms with van der Waals surface area (Å²) in [5.74, 6) is 0. The van der Waals surface area contributed by atoms with Gasteiger partial charge >= 0.3 is 0 Å². The number of benzene rings is 4. The Balaban J connectivity index is 1.62. The van der Waals surface area contributed by atoms with Gasteiger partial charge in [-0.05, 0) is 47.9 Å². The number of fused-ring (bicyclic) bond motifs is 1. The first kappa shape index (κ1) is 17.2. The van der Waals surface area contributed by atoms with E-state index in [1.165, 1.54) is 5.39 Å². The summed E-state index contributed by atoms with van der Waals surface area (Å²) in [7, 11) is 0. The van der Waals surface area contributed by atoms with E-state index in [-0.39, 0.29) is 0 Å². The van der Waals surface area contributed by atoms with Crippen LogP contribution >= 0.6 is 0 Å². The van der Waals surface area contributed by atoms with E-state index in [2.05, 4.69) is 102 Å². The SMILES string of the molecule is c1ccc(N(c2ccccc2)c2cccc(-c3cc4ccccc4cn3)c2)cc1. The first-order valence-electron chi connectivity index (χ1n) is 9.74. The van der Waals surface area contributed by atoms with Gasteiger partial charge in [-0.25, -0.2) is 0 Å². The number of rotatable bonds is 4. The highest BCUT2D eigenvalue weighted by Gasteiger charge is 2.13. The van der Waals surface area contributed by atoms with Gasteiger partial charge in [0, 0.05) is 34.2 Å². The summed E-state index contributed by atoms with van der Waals surface area (Å²) in [6, 6.07) is 39.9. The standard InChI is InChI=1S/C27H20N2/c1-3-13-24(14-4-1)29(25-15-5-2-6-16-25)26-17-9-12-22(18-26)27-19-21-10-7-8-11-23(21)20-28-27/h1-20H. The second kappa shape index (κ2) is 7.61. The second-order valence-corrected chi connectivity index (χ2v) is 6.97. The number of nitrogens with zero attached hydrogens (tertiary/aromatic N) is 2. The second-order valence-electron chi connectivity index (χ2n) is 6.97. The highest BCUT2D eigenvalue weighted by Crippen LogP contribution is 2.36. The van der Waals surface area contributed by atoms with Crippen LogP contribution in [0.5, 0.6) is 0 Å². The fourth-order valence-corrected chi connectivity index (χ4v) is 3.65. The van der Waals surface area contributed by atoms with E-state index in [9.17, 15) is 0 Å². The van der Waals surface area contributed by atoms with E-state index >= 15 is 0 Å². The highest BCUT2D eigenvalue weighted by molar-refractivity contribution is 5.86. The minimum Gasteiger partial charge on any atom is -0.310 e. The molecule has 0 bridgehead atoms. The van der Waals surface area contributed by atoms with Crippen LogP contribution < -0.4 is 4.90 Å². The molecule has 0 saturated carbocycles.